The lowest BCUT2D eigenvalue weighted by molar-refractivity contribution is 0.102. The van der Waals surface area contributed by atoms with Gasteiger partial charge in [0.1, 0.15) is 0 Å². The number of hydrogen-bond donors (Lipinski definition) is 1. The molecule has 2 aromatic carbocycles. The molecule has 0 unspecified atom stereocenters. The first-order chi connectivity index (χ1) is 12.7. The molecule has 0 saturated carbocycles. The van der Waals surface area contributed by atoms with Gasteiger partial charge in [0, 0.05) is 46.5 Å². The lowest BCUT2D eigenvalue weighted by Crippen LogP contribution is -2.23. The van der Waals surface area contributed by atoms with Gasteiger partial charge in [0.25, 0.3) is 5.91 Å². The Bertz CT molecular complexity index is 911. The summed E-state index contributed by atoms with van der Waals surface area (Å²) >= 11 is 5.87. The number of halogens is 1. The molecule has 1 aromatic heterocycles. The Kier molecular flexibility index (Phi) is 4.96. The number of aromatic nitrogens is 1. The number of nitrogens with one attached hydrogen (secondary N) is 1. The molecule has 4 nitrogen and oxygen atoms in total. The fraction of sp³-hybridized carbons (Fsp3) is 0.286. The van der Waals surface area contributed by atoms with Gasteiger partial charge in [-0.3, -0.25) is 4.79 Å². The lowest BCUT2D eigenvalue weighted by Gasteiger charge is -2.15. The third kappa shape index (κ3) is 3.76. The first kappa shape index (κ1) is 17.1. The van der Waals surface area contributed by atoms with Gasteiger partial charge in [0.2, 0.25) is 0 Å². The molecule has 4 rings (SSSR count). The van der Waals surface area contributed by atoms with Gasteiger partial charge in [0.05, 0.1) is 0 Å². The van der Waals surface area contributed by atoms with E-state index < -0.39 is 0 Å². The first-order valence-corrected chi connectivity index (χ1v) is 9.45. The minimum Gasteiger partial charge on any atom is -0.346 e. The summed E-state index contributed by atoms with van der Waals surface area (Å²) in [4.78, 5) is 14.9. The molecule has 1 amide bonds. The Morgan fingerprint density at radius 2 is 1.77 bits per heavy atom. The summed E-state index contributed by atoms with van der Waals surface area (Å²) in [5.41, 5.74) is 2.60. The second-order valence-corrected chi connectivity index (χ2v) is 7.23. The summed E-state index contributed by atoms with van der Waals surface area (Å²) in [6.45, 7) is 4.54. The van der Waals surface area contributed by atoms with Gasteiger partial charge in [-0.15, -0.1) is 0 Å². The lowest BCUT2D eigenvalue weighted by atomic mass is 10.2. The van der Waals surface area contributed by atoms with Gasteiger partial charge in [-0.1, -0.05) is 11.6 Å². The summed E-state index contributed by atoms with van der Waals surface area (Å²) < 4.78 is 2.29. The Balaban J connectivity index is 1.45. The molecule has 1 saturated heterocycles. The van der Waals surface area contributed by atoms with Crippen molar-refractivity contribution < 1.29 is 4.79 Å². The highest BCUT2D eigenvalue weighted by molar-refractivity contribution is 6.30. The molecular weight excluding hydrogens is 346 g/mol. The van der Waals surface area contributed by atoms with Crippen molar-refractivity contribution in [2.24, 2.45) is 0 Å². The number of carbonyl (C=O) groups is 1. The van der Waals surface area contributed by atoms with Crippen molar-refractivity contribution in [3.63, 3.8) is 0 Å². The van der Waals surface area contributed by atoms with Crippen LogP contribution in [0.2, 0.25) is 5.02 Å². The average molecular weight is 368 g/mol. The standard InChI is InChI=1S/C21H22ClN3O/c22-18-5-3-16(4-6-18)21(26)23-19-7-8-20-17(15-19)9-12-25(20)14-13-24-10-1-2-11-24/h3-9,12,15H,1-2,10-11,13-14H2,(H,23,26). The van der Waals surface area contributed by atoms with E-state index in [0.717, 1.165) is 24.2 Å². The van der Waals surface area contributed by atoms with E-state index in [0.29, 0.717) is 10.6 Å². The number of benzene rings is 2. The van der Waals surface area contributed by atoms with Crippen molar-refractivity contribution in [3.8, 4) is 0 Å². The molecule has 2 heterocycles. The number of likely N-dealkylation sites (tertiary alicyclic amines) is 1. The van der Waals surface area contributed by atoms with Crippen LogP contribution in [0.4, 0.5) is 5.69 Å². The zero-order chi connectivity index (χ0) is 17.9. The zero-order valence-electron chi connectivity index (χ0n) is 14.6. The van der Waals surface area contributed by atoms with Gasteiger partial charge in [-0.05, 0) is 74.5 Å². The van der Waals surface area contributed by atoms with Crippen LogP contribution in [-0.4, -0.2) is 35.0 Å². The fourth-order valence-electron chi connectivity index (χ4n) is 3.53. The highest BCUT2D eigenvalue weighted by Crippen LogP contribution is 2.22. The van der Waals surface area contributed by atoms with Crippen LogP contribution in [0.15, 0.2) is 54.7 Å². The van der Waals surface area contributed by atoms with Gasteiger partial charge in [-0.25, -0.2) is 0 Å². The third-order valence-corrected chi connectivity index (χ3v) is 5.24. The highest BCUT2D eigenvalue weighted by atomic mass is 35.5. The maximum absolute atomic E-state index is 12.4. The number of hydrogen-bond acceptors (Lipinski definition) is 2. The van der Waals surface area contributed by atoms with E-state index in [2.05, 4.69) is 33.1 Å². The normalized spacial score (nSPS) is 14.8. The maximum Gasteiger partial charge on any atom is 0.255 e. The first-order valence-electron chi connectivity index (χ1n) is 9.07. The summed E-state index contributed by atoms with van der Waals surface area (Å²) in [6.07, 6.45) is 4.78. The molecule has 0 bridgehead atoms. The van der Waals surface area contributed by atoms with Gasteiger partial charge >= 0.3 is 0 Å². The number of rotatable bonds is 5. The molecule has 0 spiro atoms. The maximum atomic E-state index is 12.4. The van der Waals surface area contributed by atoms with Crippen LogP contribution < -0.4 is 5.32 Å². The molecule has 3 aromatic rings. The van der Waals surface area contributed by atoms with Crippen molar-refractivity contribution in [1.82, 2.24) is 9.47 Å². The van der Waals surface area contributed by atoms with Crippen LogP contribution >= 0.6 is 11.6 Å². The molecule has 0 aliphatic carbocycles. The van der Waals surface area contributed by atoms with Crippen LogP contribution in [-0.2, 0) is 6.54 Å². The molecule has 26 heavy (non-hydrogen) atoms. The molecule has 1 N–H and O–H groups in total. The average Bonchev–Trinajstić information content (AvgIpc) is 3.30. The summed E-state index contributed by atoms with van der Waals surface area (Å²) in [6, 6.07) is 15.1. The van der Waals surface area contributed by atoms with E-state index in [9.17, 15) is 4.79 Å². The topological polar surface area (TPSA) is 37.3 Å². The van der Waals surface area contributed by atoms with Crippen LogP contribution in [0.1, 0.15) is 23.2 Å². The van der Waals surface area contributed by atoms with E-state index in [4.69, 9.17) is 11.6 Å². The van der Waals surface area contributed by atoms with Crippen molar-refractivity contribution in [2.75, 3.05) is 25.0 Å². The van der Waals surface area contributed by atoms with E-state index in [1.165, 1.54) is 31.4 Å². The summed E-state index contributed by atoms with van der Waals surface area (Å²) in [7, 11) is 0. The summed E-state index contributed by atoms with van der Waals surface area (Å²) in [5, 5.41) is 4.72. The van der Waals surface area contributed by atoms with Crippen LogP contribution in [0, 0.1) is 0 Å². The van der Waals surface area contributed by atoms with Crippen molar-refractivity contribution in [1.29, 1.82) is 0 Å². The second kappa shape index (κ2) is 7.52. The largest absolute Gasteiger partial charge is 0.346 e. The molecule has 1 aliphatic rings. The quantitative estimate of drug-likeness (QED) is 0.713. The Hall–Kier alpha value is -2.30. The van der Waals surface area contributed by atoms with Crippen molar-refractivity contribution in [2.45, 2.75) is 19.4 Å². The van der Waals surface area contributed by atoms with E-state index in [1.54, 1.807) is 24.3 Å². The molecular formula is C21H22ClN3O. The van der Waals surface area contributed by atoms with Gasteiger partial charge in [0.15, 0.2) is 0 Å². The SMILES string of the molecule is O=C(Nc1ccc2c(ccn2CCN2CCCC2)c1)c1ccc(Cl)cc1. The molecule has 0 atom stereocenters. The van der Waals surface area contributed by atoms with E-state index in [1.807, 2.05) is 12.1 Å². The Morgan fingerprint density at radius 3 is 2.54 bits per heavy atom. The van der Waals surface area contributed by atoms with Crippen LogP contribution in [0.5, 0.6) is 0 Å². The molecule has 1 fully saturated rings. The predicted octanol–water partition coefficient (Wildman–Crippen LogP) is 4.64. The number of fused-ring (bicyclic) bond motifs is 1. The van der Waals surface area contributed by atoms with Crippen molar-refractivity contribution in [3.05, 3.63) is 65.3 Å². The highest BCUT2D eigenvalue weighted by Gasteiger charge is 2.12. The fourth-order valence-corrected chi connectivity index (χ4v) is 3.66. The van der Waals surface area contributed by atoms with Gasteiger partial charge < -0.3 is 14.8 Å². The van der Waals surface area contributed by atoms with E-state index >= 15 is 0 Å². The third-order valence-electron chi connectivity index (χ3n) is 4.99. The number of amides is 1. The Labute approximate surface area is 158 Å². The molecule has 1 aliphatic heterocycles. The van der Waals surface area contributed by atoms with Gasteiger partial charge in [-0.2, -0.15) is 0 Å². The van der Waals surface area contributed by atoms with E-state index in [-0.39, 0.29) is 5.91 Å². The predicted molar refractivity (Wildman–Crippen MR) is 107 cm³/mol. The minimum atomic E-state index is -0.130. The van der Waals surface area contributed by atoms with Crippen LogP contribution in [0.3, 0.4) is 0 Å². The zero-order valence-corrected chi connectivity index (χ0v) is 15.4. The molecule has 0 radical (unpaired) electrons. The monoisotopic (exact) mass is 367 g/mol. The van der Waals surface area contributed by atoms with Crippen molar-refractivity contribution >= 4 is 34.1 Å². The smallest absolute Gasteiger partial charge is 0.255 e. The molecule has 134 valence electrons. The second-order valence-electron chi connectivity index (χ2n) is 6.79. The van der Waals surface area contributed by atoms with Crippen LogP contribution in [0.25, 0.3) is 10.9 Å². The minimum absolute atomic E-state index is 0.130. The Morgan fingerprint density at radius 1 is 1.00 bits per heavy atom. The number of carbonyl (C=O) groups excluding carboxylic acids is 1. The number of anilines is 1. The number of nitrogens with zero attached hydrogens (tertiary/aromatic N) is 2. The molecule has 5 heteroatoms. The summed E-state index contributed by atoms with van der Waals surface area (Å²) in [5.74, 6) is -0.130.